The van der Waals surface area contributed by atoms with Gasteiger partial charge >= 0.3 is 0 Å². The standard InChI is InChI=1S/C21H27N3O/c1-15(2)17-9-6-10-18(11-17)23-21(25)14-24-12-19(20(22)13-24)16-7-4-3-5-8-16/h3-11,15,19-20H,12-14,22H2,1-2H3,(H,23,25)/t19-,20+/m0/s1. The normalized spacial score (nSPS) is 20.8. The predicted molar refractivity (Wildman–Crippen MR) is 103 cm³/mol. The molecule has 0 saturated carbocycles. The molecule has 2 atom stereocenters. The first-order chi connectivity index (χ1) is 12.0. The number of likely N-dealkylation sites (tertiary alicyclic amines) is 1. The van der Waals surface area contributed by atoms with Gasteiger partial charge in [0, 0.05) is 30.7 Å². The molecular weight excluding hydrogens is 310 g/mol. The number of nitrogens with zero attached hydrogens (tertiary/aromatic N) is 1. The molecule has 1 fully saturated rings. The summed E-state index contributed by atoms with van der Waals surface area (Å²) in [5, 5.41) is 3.01. The summed E-state index contributed by atoms with van der Waals surface area (Å²) in [5.41, 5.74) is 9.65. The van der Waals surface area contributed by atoms with Gasteiger partial charge in [-0.3, -0.25) is 9.69 Å². The Balaban J connectivity index is 1.58. The summed E-state index contributed by atoms with van der Waals surface area (Å²) in [5.74, 6) is 0.750. The number of nitrogens with one attached hydrogen (secondary N) is 1. The van der Waals surface area contributed by atoms with Gasteiger partial charge in [-0.1, -0.05) is 56.3 Å². The number of hydrogen-bond acceptors (Lipinski definition) is 3. The molecule has 2 aromatic carbocycles. The summed E-state index contributed by atoms with van der Waals surface area (Å²) >= 11 is 0. The van der Waals surface area contributed by atoms with E-state index in [-0.39, 0.29) is 11.9 Å². The van der Waals surface area contributed by atoms with Gasteiger partial charge in [0.1, 0.15) is 0 Å². The molecule has 3 rings (SSSR count). The molecule has 1 aliphatic heterocycles. The Labute approximate surface area is 150 Å². The molecule has 1 saturated heterocycles. The Morgan fingerprint density at radius 3 is 2.64 bits per heavy atom. The van der Waals surface area contributed by atoms with Crippen molar-refractivity contribution < 1.29 is 4.79 Å². The van der Waals surface area contributed by atoms with Crippen molar-refractivity contribution in [2.24, 2.45) is 5.73 Å². The Kier molecular flexibility index (Phi) is 5.51. The molecule has 0 aromatic heterocycles. The molecule has 0 radical (unpaired) electrons. The zero-order valence-corrected chi connectivity index (χ0v) is 15.0. The molecule has 0 spiro atoms. The average molecular weight is 337 g/mol. The Morgan fingerprint density at radius 2 is 1.92 bits per heavy atom. The second kappa shape index (κ2) is 7.81. The quantitative estimate of drug-likeness (QED) is 0.881. The monoisotopic (exact) mass is 337 g/mol. The van der Waals surface area contributed by atoms with E-state index in [1.807, 2.05) is 36.4 Å². The summed E-state index contributed by atoms with van der Waals surface area (Å²) in [4.78, 5) is 14.5. The van der Waals surface area contributed by atoms with Gasteiger partial charge in [-0.2, -0.15) is 0 Å². The number of rotatable bonds is 5. The molecule has 132 valence electrons. The summed E-state index contributed by atoms with van der Waals surface area (Å²) in [6.07, 6.45) is 0. The minimum Gasteiger partial charge on any atom is -0.326 e. The van der Waals surface area contributed by atoms with Gasteiger partial charge in [-0.15, -0.1) is 0 Å². The lowest BCUT2D eigenvalue weighted by molar-refractivity contribution is -0.117. The zero-order chi connectivity index (χ0) is 17.8. The van der Waals surface area contributed by atoms with E-state index >= 15 is 0 Å². The van der Waals surface area contributed by atoms with E-state index in [0.717, 1.165) is 18.8 Å². The van der Waals surface area contributed by atoms with Gasteiger partial charge in [-0.25, -0.2) is 0 Å². The molecule has 0 unspecified atom stereocenters. The van der Waals surface area contributed by atoms with E-state index < -0.39 is 0 Å². The van der Waals surface area contributed by atoms with Crippen molar-refractivity contribution >= 4 is 11.6 Å². The molecule has 3 N–H and O–H groups in total. The molecule has 4 heteroatoms. The van der Waals surface area contributed by atoms with E-state index in [1.54, 1.807) is 0 Å². The van der Waals surface area contributed by atoms with Crippen LogP contribution in [0.2, 0.25) is 0 Å². The first kappa shape index (κ1) is 17.6. The molecule has 25 heavy (non-hydrogen) atoms. The van der Waals surface area contributed by atoms with Gasteiger partial charge in [0.25, 0.3) is 0 Å². The summed E-state index contributed by atoms with van der Waals surface area (Å²) in [7, 11) is 0. The lowest BCUT2D eigenvalue weighted by Gasteiger charge is -2.16. The Hall–Kier alpha value is -2.17. The lowest BCUT2D eigenvalue weighted by Crippen LogP contribution is -2.33. The highest BCUT2D eigenvalue weighted by molar-refractivity contribution is 5.92. The van der Waals surface area contributed by atoms with Crippen LogP contribution >= 0.6 is 0 Å². The summed E-state index contributed by atoms with van der Waals surface area (Å²) in [6, 6.07) is 18.5. The lowest BCUT2D eigenvalue weighted by atomic mass is 9.95. The van der Waals surface area contributed by atoms with Gasteiger partial charge in [0.05, 0.1) is 6.54 Å². The van der Waals surface area contributed by atoms with Crippen molar-refractivity contribution in [1.29, 1.82) is 0 Å². The second-order valence-electron chi connectivity index (χ2n) is 7.20. The highest BCUT2D eigenvalue weighted by Crippen LogP contribution is 2.26. The predicted octanol–water partition coefficient (Wildman–Crippen LogP) is 3.18. The van der Waals surface area contributed by atoms with Gasteiger partial charge < -0.3 is 11.1 Å². The fourth-order valence-electron chi connectivity index (χ4n) is 3.47. The van der Waals surface area contributed by atoms with Crippen LogP contribution in [0.25, 0.3) is 0 Å². The molecular formula is C21H27N3O. The third-order valence-corrected chi connectivity index (χ3v) is 4.87. The van der Waals surface area contributed by atoms with Crippen molar-refractivity contribution in [1.82, 2.24) is 4.90 Å². The fourth-order valence-corrected chi connectivity index (χ4v) is 3.47. The smallest absolute Gasteiger partial charge is 0.238 e. The van der Waals surface area contributed by atoms with Gasteiger partial charge in [0.2, 0.25) is 5.91 Å². The SMILES string of the molecule is CC(C)c1cccc(NC(=O)CN2C[C@@H](N)[C@H](c3ccccc3)C2)c1. The van der Waals surface area contributed by atoms with Crippen molar-refractivity contribution in [2.75, 3.05) is 25.0 Å². The first-order valence-corrected chi connectivity index (χ1v) is 8.95. The fraction of sp³-hybridized carbons (Fsp3) is 0.381. The molecule has 0 bridgehead atoms. The maximum Gasteiger partial charge on any atom is 0.238 e. The molecule has 1 aliphatic rings. The van der Waals surface area contributed by atoms with Crippen LogP contribution in [0.4, 0.5) is 5.69 Å². The van der Waals surface area contributed by atoms with E-state index in [4.69, 9.17) is 5.73 Å². The highest BCUT2D eigenvalue weighted by atomic mass is 16.2. The van der Waals surface area contributed by atoms with Crippen LogP contribution < -0.4 is 11.1 Å². The maximum absolute atomic E-state index is 12.4. The second-order valence-corrected chi connectivity index (χ2v) is 7.20. The molecule has 1 heterocycles. The van der Waals surface area contributed by atoms with Crippen LogP contribution in [0.5, 0.6) is 0 Å². The van der Waals surface area contributed by atoms with E-state index in [9.17, 15) is 4.79 Å². The Morgan fingerprint density at radius 1 is 1.16 bits per heavy atom. The number of nitrogens with two attached hydrogens (primary N) is 1. The highest BCUT2D eigenvalue weighted by Gasteiger charge is 2.31. The maximum atomic E-state index is 12.4. The van der Waals surface area contributed by atoms with Gasteiger partial charge in [-0.05, 0) is 29.2 Å². The number of carbonyl (C=O) groups excluding carboxylic acids is 1. The van der Waals surface area contributed by atoms with Crippen molar-refractivity contribution in [3.8, 4) is 0 Å². The molecule has 2 aromatic rings. The topological polar surface area (TPSA) is 58.4 Å². The molecule has 0 aliphatic carbocycles. The van der Waals surface area contributed by atoms with Gasteiger partial charge in [0.15, 0.2) is 0 Å². The van der Waals surface area contributed by atoms with Crippen LogP contribution in [0.1, 0.15) is 36.8 Å². The van der Waals surface area contributed by atoms with Crippen molar-refractivity contribution in [3.63, 3.8) is 0 Å². The number of benzene rings is 2. The van der Waals surface area contributed by atoms with Crippen molar-refractivity contribution in [2.45, 2.75) is 31.7 Å². The van der Waals surface area contributed by atoms with Crippen LogP contribution in [0, 0.1) is 0 Å². The average Bonchev–Trinajstić information content (AvgIpc) is 2.96. The zero-order valence-electron chi connectivity index (χ0n) is 15.0. The van der Waals surface area contributed by atoms with Crippen LogP contribution in [-0.2, 0) is 4.79 Å². The number of anilines is 1. The van der Waals surface area contributed by atoms with E-state index in [1.165, 1.54) is 11.1 Å². The first-order valence-electron chi connectivity index (χ1n) is 8.95. The minimum absolute atomic E-state index is 0.0156. The third-order valence-electron chi connectivity index (χ3n) is 4.87. The molecule has 1 amide bonds. The van der Waals surface area contributed by atoms with Crippen LogP contribution in [0.15, 0.2) is 54.6 Å². The largest absolute Gasteiger partial charge is 0.326 e. The number of amides is 1. The minimum atomic E-state index is 0.0156. The number of carbonyl (C=O) groups is 1. The third kappa shape index (κ3) is 4.47. The summed E-state index contributed by atoms with van der Waals surface area (Å²) in [6.45, 7) is 6.25. The number of hydrogen-bond donors (Lipinski definition) is 2. The van der Waals surface area contributed by atoms with E-state index in [2.05, 4.69) is 42.3 Å². The summed E-state index contributed by atoms with van der Waals surface area (Å²) < 4.78 is 0. The molecule has 4 nitrogen and oxygen atoms in total. The van der Waals surface area contributed by atoms with Crippen molar-refractivity contribution in [3.05, 3.63) is 65.7 Å². The van der Waals surface area contributed by atoms with E-state index in [0.29, 0.717) is 18.4 Å². The van der Waals surface area contributed by atoms with Crippen LogP contribution in [-0.4, -0.2) is 36.5 Å². The Bertz CT molecular complexity index is 714. The van der Waals surface area contributed by atoms with Crippen LogP contribution in [0.3, 0.4) is 0 Å².